The second kappa shape index (κ2) is 6.80. The van der Waals surface area contributed by atoms with E-state index in [-0.39, 0.29) is 23.6 Å². The maximum atomic E-state index is 12.6. The Morgan fingerprint density at radius 1 is 1.26 bits per heavy atom. The molecule has 7 heteroatoms. The summed E-state index contributed by atoms with van der Waals surface area (Å²) in [5, 5.41) is 9.96. The van der Waals surface area contributed by atoms with E-state index in [1.165, 1.54) is 0 Å². The quantitative estimate of drug-likeness (QED) is 0.806. The van der Waals surface area contributed by atoms with Gasteiger partial charge in [-0.05, 0) is 57.7 Å². The molecule has 0 amide bonds. The zero-order valence-corrected chi connectivity index (χ0v) is 16.3. The first-order valence-corrected chi connectivity index (χ1v) is 9.91. The molecule has 5 nitrogen and oxygen atoms in total. The Morgan fingerprint density at radius 3 is 2.43 bits per heavy atom. The number of nitrogens with one attached hydrogen (secondary N) is 1. The van der Waals surface area contributed by atoms with Crippen molar-refractivity contribution in [2.75, 3.05) is 6.61 Å². The lowest BCUT2D eigenvalue weighted by molar-refractivity contribution is -0.113. The summed E-state index contributed by atoms with van der Waals surface area (Å²) in [4.78, 5) is 0.277. The highest BCUT2D eigenvalue weighted by atomic mass is 79.9. The van der Waals surface area contributed by atoms with Gasteiger partial charge in [0, 0.05) is 10.5 Å². The second-order valence-corrected chi connectivity index (χ2v) is 9.27. The van der Waals surface area contributed by atoms with Crippen LogP contribution in [-0.2, 0) is 14.8 Å². The van der Waals surface area contributed by atoms with Crippen molar-refractivity contribution in [2.24, 2.45) is 0 Å². The van der Waals surface area contributed by atoms with Gasteiger partial charge in [0.2, 0.25) is 10.0 Å². The SMILES string of the molecule is Cc1cc(C)c(S(=O)(=O)N[C@@H]2CC[C@@H](C(C)(C)O)OC2)cc1Br. The normalized spacial score (nSPS) is 23.0. The summed E-state index contributed by atoms with van der Waals surface area (Å²) >= 11 is 3.38. The van der Waals surface area contributed by atoms with E-state index in [0.29, 0.717) is 18.4 Å². The fourth-order valence-corrected chi connectivity index (χ4v) is 4.78. The molecule has 1 aliphatic heterocycles. The lowest BCUT2D eigenvalue weighted by Gasteiger charge is -2.36. The summed E-state index contributed by atoms with van der Waals surface area (Å²) in [6.07, 6.45) is 0.992. The van der Waals surface area contributed by atoms with E-state index in [9.17, 15) is 13.5 Å². The number of rotatable bonds is 4. The molecule has 0 spiro atoms. The van der Waals surface area contributed by atoms with E-state index in [1.54, 1.807) is 26.8 Å². The molecular formula is C16H24BrNO4S. The van der Waals surface area contributed by atoms with Crippen LogP contribution in [0.25, 0.3) is 0 Å². The molecule has 0 bridgehead atoms. The molecule has 1 aromatic rings. The van der Waals surface area contributed by atoms with Gasteiger partial charge in [0.25, 0.3) is 0 Å². The molecule has 1 heterocycles. The van der Waals surface area contributed by atoms with E-state index in [1.807, 2.05) is 13.0 Å². The monoisotopic (exact) mass is 405 g/mol. The first-order valence-electron chi connectivity index (χ1n) is 7.64. The number of hydrogen-bond acceptors (Lipinski definition) is 4. The second-order valence-electron chi connectivity index (χ2n) is 6.74. The maximum absolute atomic E-state index is 12.6. The maximum Gasteiger partial charge on any atom is 0.241 e. The van der Waals surface area contributed by atoms with Gasteiger partial charge in [0.15, 0.2) is 0 Å². The molecule has 23 heavy (non-hydrogen) atoms. The first kappa shape index (κ1) is 18.9. The van der Waals surface area contributed by atoms with Crippen molar-refractivity contribution < 1.29 is 18.3 Å². The van der Waals surface area contributed by atoms with Gasteiger partial charge < -0.3 is 9.84 Å². The number of benzene rings is 1. The number of halogens is 1. The zero-order valence-electron chi connectivity index (χ0n) is 13.9. The third kappa shape index (κ3) is 4.54. The van der Waals surface area contributed by atoms with Crippen molar-refractivity contribution in [1.82, 2.24) is 4.72 Å². The first-order chi connectivity index (χ1) is 10.5. The number of aliphatic hydroxyl groups is 1. The molecule has 2 atom stereocenters. The highest BCUT2D eigenvalue weighted by molar-refractivity contribution is 9.10. The van der Waals surface area contributed by atoms with Gasteiger partial charge in [-0.2, -0.15) is 0 Å². The van der Waals surface area contributed by atoms with Crippen LogP contribution in [0.1, 0.15) is 37.8 Å². The predicted octanol–water partition coefficient (Wildman–Crippen LogP) is 2.66. The molecule has 1 saturated heterocycles. The molecule has 1 fully saturated rings. The minimum atomic E-state index is -3.61. The Kier molecular flexibility index (Phi) is 5.58. The molecule has 0 aromatic heterocycles. The molecule has 0 aliphatic carbocycles. The Bertz CT molecular complexity index is 674. The van der Waals surface area contributed by atoms with Gasteiger partial charge in [0.05, 0.1) is 23.2 Å². The van der Waals surface area contributed by atoms with Crippen LogP contribution in [-0.4, -0.2) is 37.9 Å². The van der Waals surface area contributed by atoms with Crippen LogP contribution >= 0.6 is 15.9 Å². The molecule has 0 radical (unpaired) electrons. The summed E-state index contributed by atoms with van der Waals surface area (Å²) in [6.45, 7) is 7.38. The summed E-state index contributed by atoms with van der Waals surface area (Å²) in [5.41, 5.74) is 0.794. The molecule has 0 saturated carbocycles. The van der Waals surface area contributed by atoms with E-state index < -0.39 is 15.6 Å². The summed E-state index contributed by atoms with van der Waals surface area (Å²) in [6, 6.07) is 3.20. The van der Waals surface area contributed by atoms with Crippen molar-refractivity contribution in [3.63, 3.8) is 0 Å². The minimum Gasteiger partial charge on any atom is -0.388 e. The van der Waals surface area contributed by atoms with E-state index in [0.717, 1.165) is 10.0 Å². The van der Waals surface area contributed by atoms with Crippen LogP contribution in [0.5, 0.6) is 0 Å². The molecule has 1 aromatic carbocycles. The Hall–Kier alpha value is -0.470. The van der Waals surface area contributed by atoms with Crippen molar-refractivity contribution in [2.45, 2.75) is 63.2 Å². The van der Waals surface area contributed by atoms with Gasteiger partial charge >= 0.3 is 0 Å². The summed E-state index contributed by atoms with van der Waals surface area (Å²) in [5.74, 6) is 0. The highest BCUT2D eigenvalue weighted by Crippen LogP contribution is 2.27. The van der Waals surface area contributed by atoms with Crippen molar-refractivity contribution in [3.05, 3.63) is 27.7 Å². The standard InChI is InChI=1S/C16H24BrNO4S/c1-10-7-11(2)14(8-13(10)17)23(20,21)18-12-5-6-15(22-9-12)16(3,4)19/h7-8,12,15,18-19H,5-6,9H2,1-4H3/t12-,15+/m1/s1. The third-order valence-electron chi connectivity index (χ3n) is 4.13. The third-order valence-corrected chi connectivity index (χ3v) is 6.65. The van der Waals surface area contributed by atoms with Gasteiger partial charge in [0.1, 0.15) is 0 Å². The van der Waals surface area contributed by atoms with Gasteiger partial charge in [-0.1, -0.05) is 22.0 Å². The smallest absolute Gasteiger partial charge is 0.241 e. The predicted molar refractivity (Wildman–Crippen MR) is 93.0 cm³/mol. The summed E-state index contributed by atoms with van der Waals surface area (Å²) in [7, 11) is -3.61. The van der Waals surface area contributed by atoms with Crippen LogP contribution in [0.3, 0.4) is 0 Å². The Labute approximate surface area is 146 Å². The number of ether oxygens (including phenoxy) is 1. The molecule has 1 aliphatic rings. The van der Waals surface area contributed by atoms with E-state index >= 15 is 0 Å². The van der Waals surface area contributed by atoms with Crippen molar-refractivity contribution >= 4 is 26.0 Å². The Balaban J connectivity index is 2.10. The lowest BCUT2D eigenvalue weighted by Crippen LogP contribution is -2.48. The average Bonchev–Trinajstić information content (AvgIpc) is 2.41. The molecule has 2 N–H and O–H groups in total. The van der Waals surface area contributed by atoms with Crippen LogP contribution in [0, 0.1) is 13.8 Å². The molecule has 130 valence electrons. The fourth-order valence-electron chi connectivity index (χ4n) is 2.78. The number of hydrogen-bond donors (Lipinski definition) is 2. The molecule has 2 rings (SSSR count). The van der Waals surface area contributed by atoms with Crippen LogP contribution in [0.15, 0.2) is 21.5 Å². The lowest BCUT2D eigenvalue weighted by atomic mass is 9.93. The average molecular weight is 406 g/mol. The number of aryl methyl sites for hydroxylation is 2. The highest BCUT2D eigenvalue weighted by Gasteiger charge is 2.34. The van der Waals surface area contributed by atoms with Crippen LogP contribution < -0.4 is 4.72 Å². The van der Waals surface area contributed by atoms with Gasteiger partial charge in [-0.3, -0.25) is 0 Å². The largest absolute Gasteiger partial charge is 0.388 e. The zero-order chi connectivity index (χ0) is 17.4. The topological polar surface area (TPSA) is 75.6 Å². The fraction of sp³-hybridized carbons (Fsp3) is 0.625. The van der Waals surface area contributed by atoms with Crippen molar-refractivity contribution in [3.8, 4) is 0 Å². The van der Waals surface area contributed by atoms with Gasteiger partial charge in [-0.15, -0.1) is 0 Å². The van der Waals surface area contributed by atoms with Crippen molar-refractivity contribution in [1.29, 1.82) is 0 Å². The van der Waals surface area contributed by atoms with Crippen LogP contribution in [0.4, 0.5) is 0 Å². The Morgan fingerprint density at radius 2 is 1.91 bits per heavy atom. The van der Waals surface area contributed by atoms with Gasteiger partial charge in [-0.25, -0.2) is 13.1 Å². The molecule has 0 unspecified atom stereocenters. The summed E-state index contributed by atoms with van der Waals surface area (Å²) < 4.78 is 34.4. The molecular weight excluding hydrogens is 382 g/mol. The van der Waals surface area contributed by atoms with E-state index in [4.69, 9.17) is 4.74 Å². The van der Waals surface area contributed by atoms with Crippen LogP contribution in [0.2, 0.25) is 0 Å². The van der Waals surface area contributed by atoms with E-state index in [2.05, 4.69) is 20.7 Å². The minimum absolute atomic E-state index is 0.264. The number of sulfonamides is 1.